The highest BCUT2D eigenvalue weighted by atomic mass is 32.2. The molecule has 2 aliphatic rings. The maximum absolute atomic E-state index is 11.5. The van der Waals surface area contributed by atoms with Gasteiger partial charge < -0.3 is 14.7 Å². The monoisotopic (exact) mass is 400 g/mol. The van der Waals surface area contributed by atoms with Gasteiger partial charge in [0.1, 0.15) is 6.04 Å². The van der Waals surface area contributed by atoms with Crippen LogP contribution in [0.25, 0.3) is 0 Å². The average Bonchev–Trinajstić information content (AvgIpc) is 3.27. The highest BCUT2D eigenvalue weighted by Gasteiger charge is 2.46. The van der Waals surface area contributed by atoms with Crippen molar-refractivity contribution in [2.24, 2.45) is 4.99 Å². The number of aromatic hydroxyl groups is 1. The van der Waals surface area contributed by atoms with Crippen LogP contribution in [0.4, 0.5) is 5.69 Å². The second-order valence-corrected chi connectivity index (χ2v) is 7.67. The number of phenolic OH excluding ortho intramolecular Hbond substituents is 1. The molecule has 4 rings (SSSR count). The van der Waals surface area contributed by atoms with Crippen molar-refractivity contribution < 1.29 is 14.8 Å². The lowest BCUT2D eigenvalue weighted by atomic mass is 9.94. The van der Waals surface area contributed by atoms with Gasteiger partial charge in [-0.25, -0.2) is 0 Å². The molecule has 0 amide bonds. The van der Waals surface area contributed by atoms with E-state index in [1.165, 1.54) is 13.2 Å². The van der Waals surface area contributed by atoms with Crippen LogP contribution < -0.4 is 4.74 Å². The van der Waals surface area contributed by atoms with E-state index in [0.29, 0.717) is 5.56 Å². The molecule has 3 atom stereocenters. The molecule has 0 spiro atoms. The smallest absolute Gasteiger partial charge is 0.315 e. The van der Waals surface area contributed by atoms with Crippen LogP contribution in [0.15, 0.2) is 41.5 Å². The molecule has 0 saturated carbocycles. The zero-order valence-electron chi connectivity index (χ0n) is 15.5. The molecule has 3 heterocycles. The maximum atomic E-state index is 11.5. The lowest BCUT2D eigenvalue weighted by molar-refractivity contribution is -0.386. The van der Waals surface area contributed by atoms with Crippen molar-refractivity contribution in [3.8, 4) is 11.5 Å². The Morgan fingerprint density at radius 1 is 1.43 bits per heavy atom. The van der Waals surface area contributed by atoms with Crippen molar-refractivity contribution in [1.82, 2.24) is 9.88 Å². The number of thioether (sulfide) groups is 1. The van der Waals surface area contributed by atoms with Crippen molar-refractivity contribution >= 4 is 22.6 Å². The normalized spacial score (nSPS) is 23.4. The Bertz CT molecular complexity index is 937. The number of benzene rings is 1. The predicted molar refractivity (Wildman–Crippen MR) is 107 cm³/mol. The van der Waals surface area contributed by atoms with Crippen LogP contribution in [-0.4, -0.2) is 44.0 Å². The average molecular weight is 400 g/mol. The highest BCUT2D eigenvalue weighted by Crippen LogP contribution is 2.50. The zero-order valence-corrected chi connectivity index (χ0v) is 16.3. The highest BCUT2D eigenvalue weighted by molar-refractivity contribution is 8.14. The number of pyridine rings is 1. The van der Waals surface area contributed by atoms with Gasteiger partial charge >= 0.3 is 5.69 Å². The number of amidine groups is 1. The van der Waals surface area contributed by atoms with Crippen LogP contribution in [0, 0.1) is 10.1 Å². The minimum absolute atomic E-state index is 0.0809. The van der Waals surface area contributed by atoms with E-state index < -0.39 is 10.7 Å². The maximum Gasteiger partial charge on any atom is 0.315 e. The number of nitrogens with zero attached hydrogens (tertiary/aromatic N) is 4. The minimum Gasteiger partial charge on any atom is -0.500 e. The molecule has 2 aliphatic heterocycles. The molecule has 1 fully saturated rings. The van der Waals surface area contributed by atoms with E-state index in [2.05, 4.69) is 16.8 Å². The summed E-state index contributed by atoms with van der Waals surface area (Å²) < 4.78 is 5.21. The molecule has 28 heavy (non-hydrogen) atoms. The van der Waals surface area contributed by atoms with Crippen molar-refractivity contribution in [3.63, 3.8) is 0 Å². The summed E-state index contributed by atoms with van der Waals surface area (Å²) in [6.45, 7) is 2.12. The summed E-state index contributed by atoms with van der Waals surface area (Å²) in [6.07, 6.45) is 2.66. The Labute approximate surface area is 166 Å². The SMILES string of the molecule is CC[C@@H]1CSC2=N[C@@H](c3ccccn3)[C@@H](c3cc(OC)c(O)c([N+](=O)[O-])c3)N21. The summed E-state index contributed by atoms with van der Waals surface area (Å²) in [7, 11) is 1.38. The third-order valence-electron chi connectivity index (χ3n) is 5.16. The van der Waals surface area contributed by atoms with Crippen molar-refractivity contribution in [1.29, 1.82) is 0 Å². The molecule has 0 aliphatic carbocycles. The third kappa shape index (κ3) is 2.95. The number of fused-ring (bicyclic) bond motifs is 1. The van der Waals surface area contributed by atoms with E-state index in [4.69, 9.17) is 9.73 Å². The Kier molecular flexibility index (Phi) is 4.84. The molecule has 1 N–H and O–H groups in total. The van der Waals surface area contributed by atoms with E-state index in [9.17, 15) is 15.2 Å². The van der Waals surface area contributed by atoms with E-state index in [0.717, 1.165) is 23.0 Å². The van der Waals surface area contributed by atoms with Gasteiger partial charge in [0.2, 0.25) is 5.75 Å². The van der Waals surface area contributed by atoms with E-state index in [-0.39, 0.29) is 29.6 Å². The number of nitro benzene ring substituents is 1. The van der Waals surface area contributed by atoms with E-state index in [1.807, 2.05) is 18.2 Å². The molecule has 1 saturated heterocycles. The number of nitro groups is 1. The number of aromatic nitrogens is 1. The number of aliphatic imine (C=N–C) groups is 1. The second kappa shape index (κ2) is 7.31. The molecule has 0 unspecified atom stereocenters. The molecule has 1 aromatic carbocycles. The van der Waals surface area contributed by atoms with Crippen LogP contribution >= 0.6 is 11.8 Å². The number of methoxy groups -OCH3 is 1. The Balaban J connectivity index is 1.87. The number of ether oxygens (including phenoxy) is 1. The first kappa shape index (κ1) is 18.5. The first-order valence-electron chi connectivity index (χ1n) is 9.00. The van der Waals surface area contributed by atoms with Crippen LogP contribution in [0.5, 0.6) is 11.5 Å². The fourth-order valence-corrected chi connectivity index (χ4v) is 5.13. The summed E-state index contributed by atoms with van der Waals surface area (Å²) in [6, 6.07) is 8.50. The topological polar surface area (TPSA) is 101 Å². The molecule has 8 nitrogen and oxygen atoms in total. The van der Waals surface area contributed by atoms with Gasteiger partial charge in [0, 0.05) is 24.1 Å². The molecule has 0 radical (unpaired) electrons. The quantitative estimate of drug-likeness (QED) is 0.603. The third-order valence-corrected chi connectivity index (χ3v) is 6.29. The summed E-state index contributed by atoms with van der Waals surface area (Å²) in [4.78, 5) is 22.5. The number of hydrogen-bond acceptors (Lipinski definition) is 8. The second-order valence-electron chi connectivity index (χ2n) is 6.68. The van der Waals surface area contributed by atoms with Gasteiger partial charge in [-0.3, -0.25) is 20.1 Å². The number of rotatable bonds is 5. The summed E-state index contributed by atoms with van der Waals surface area (Å²) in [5, 5.41) is 22.6. The molecule has 1 aromatic heterocycles. The molecule has 146 valence electrons. The molecule has 0 bridgehead atoms. The van der Waals surface area contributed by atoms with Gasteiger partial charge in [0.05, 0.1) is 23.8 Å². The van der Waals surface area contributed by atoms with Crippen LogP contribution in [0.2, 0.25) is 0 Å². The Hall–Kier alpha value is -2.81. The van der Waals surface area contributed by atoms with E-state index in [1.54, 1.807) is 24.0 Å². The van der Waals surface area contributed by atoms with Gasteiger partial charge in [-0.05, 0) is 30.2 Å². The van der Waals surface area contributed by atoms with Gasteiger partial charge in [0.15, 0.2) is 10.9 Å². The molecular weight excluding hydrogens is 380 g/mol. The van der Waals surface area contributed by atoms with Crippen LogP contribution in [0.1, 0.15) is 36.7 Å². The fraction of sp³-hybridized carbons (Fsp3) is 0.368. The van der Waals surface area contributed by atoms with Crippen molar-refractivity contribution in [2.75, 3.05) is 12.9 Å². The number of phenols is 1. The summed E-state index contributed by atoms with van der Waals surface area (Å²) in [5.41, 5.74) is 1.11. The first-order chi connectivity index (χ1) is 13.5. The minimum atomic E-state index is -0.593. The van der Waals surface area contributed by atoms with Gasteiger partial charge in [-0.15, -0.1) is 0 Å². The Morgan fingerprint density at radius 2 is 2.25 bits per heavy atom. The summed E-state index contributed by atoms with van der Waals surface area (Å²) in [5.74, 6) is 0.544. The first-order valence-corrected chi connectivity index (χ1v) is 9.98. The Morgan fingerprint density at radius 3 is 2.89 bits per heavy atom. The van der Waals surface area contributed by atoms with Crippen molar-refractivity contribution in [2.45, 2.75) is 31.5 Å². The van der Waals surface area contributed by atoms with Gasteiger partial charge in [0.25, 0.3) is 0 Å². The zero-order chi connectivity index (χ0) is 19.8. The van der Waals surface area contributed by atoms with Crippen LogP contribution in [-0.2, 0) is 0 Å². The predicted octanol–water partition coefficient (Wildman–Crippen LogP) is 3.68. The van der Waals surface area contributed by atoms with Gasteiger partial charge in [-0.2, -0.15) is 0 Å². The van der Waals surface area contributed by atoms with Crippen molar-refractivity contribution in [3.05, 3.63) is 57.9 Å². The molecule has 2 aromatic rings. The van der Waals surface area contributed by atoms with E-state index >= 15 is 0 Å². The largest absolute Gasteiger partial charge is 0.500 e. The molecular formula is C19H20N4O4S. The van der Waals surface area contributed by atoms with Crippen LogP contribution in [0.3, 0.4) is 0 Å². The number of hydrogen-bond donors (Lipinski definition) is 1. The summed E-state index contributed by atoms with van der Waals surface area (Å²) >= 11 is 1.70. The van der Waals surface area contributed by atoms with Gasteiger partial charge in [-0.1, -0.05) is 24.8 Å². The molecule has 9 heteroatoms. The lowest BCUT2D eigenvalue weighted by Crippen LogP contribution is -2.35. The fourth-order valence-electron chi connectivity index (χ4n) is 3.79. The lowest BCUT2D eigenvalue weighted by Gasteiger charge is -2.32. The standard InChI is InChI=1S/C19H20N4O4S/c1-3-12-10-28-19-21-16(13-6-4-5-7-20-13)17(22(12)19)11-8-14(23(25)26)18(24)15(9-11)27-2/h4-9,12,16-17,24H,3,10H2,1-2H3/t12-,16+,17-/m1/s1.